The van der Waals surface area contributed by atoms with Gasteiger partial charge in [-0.1, -0.05) is 48.5 Å². The van der Waals surface area contributed by atoms with Gasteiger partial charge in [-0.25, -0.2) is 4.79 Å². The number of fused-ring (bicyclic) bond motifs is 3. The summed E-state index contributed by atoms with van der Waals surface area (Å²) in [6.07, 6.45) is 0.506. The highest BCUT2D eigenvalue weighted by molar-refractivity contribution is 5.79. The molecular formula is C23H21NO5. The van der Waals surface area contributed by atoms with Gasteiger partial charge in [0, 0.05) is 5.92 Å². The number of aliphatic carboxylic acids is 1. The Labute approximate surface area is 168 Å². The number of alkyl carbamates (subject to hydrolysis) is 1. The summed E-state index contributed by atoms with van der Waals surface area (Å²) in [6, 6.07) is 17.1. The van der Waals surface area contributed by atoms with E-state index in [1.807, 2.05) is 36.4 Å². The van der Waals surface area contributed by atoms with Gasteiger partial charge in [0.1, 0.15) is 18.4 Å². The molecule has 0 aliphatic heterocycles. The SMILES string of the molecule is Cc1ccoc1[C@H](CC(=O)O)NC(=O)OCC1c2ccccc2-c2ccccc21. The van der Waals surface area contributed by atoms with Crippen LogP contribution >= 0.6 is 0 Å². The lowest BCUT2D eigenvalue weighted by Crippen LogP contribution is -2.31. The number of carbonyl (C=O) groups is 2. The summed E-state index contributed by atoms with van der Waals surface area (Å²) < 4.78 is 10.9. The number of furan rings is 1. The van der Waals surface area contributed by atoms with E-state index in [4.69, 9.17) is 9.15 Å². The minimum atomic E-state index is -1.04. The van der Waals surface area contributed by atoms with E-state index in [1.54, 1.807) is 13.0 Å². The molecule has 0 bridgehead atoms. The molecule has 1 aliphatic carbocycles. The Hall–Kier alpha value is -3.54. The molecule has 4 rings (SSSR count). The predicted octanol–water partition coefficient (Wildman–Crippen LogP) is 4.64. The Bertz CT molecular complexity index is 1010. The van der Waals surface area contributed by atoms with E-state index < -0.39 is 18.1 Å². The number of nitrogens with one attached hydrogen (secondary N) is 1. The van der Waals surface area contributed by atoms with E-state index in [2.05, 4.69) is 17.4 Å². The summed E-state index contributed by atoms with van der Waals surface area (Å²) in [5, 5.41) is 11.8. The Morgan fingerprint density at radius 2 is 1.69 bits per heavy atom. The number of rotatable bonds is 6. The molecule has 0 unspecified atom stereocenters. The summed E-state index contributed by atoms with van der Waals surface area (Å²) in [5.74, 6) is -0.679. The van der Waals surface area contributed by atoms with Crippen molar-refractivity contribution < 1.29 is 23.8 Å². The zero-order valence-electron chi connectivity index (χ0n) is 15.9. The zero-order valence-corrected chi connectivity index (χ0v) is 15.9. The number of hydrogen-bond acceptors (Lipinski definition) is 4. The molecule has 1 atom stereocenters. The smallest absolute Gasteiger partial charge is 0.407 e. The highest BCUT2D eigenvalue weighted by atomic mass is 16.5. The largest absolute Gasteiger partial charge is 0.481 e. The van der Waals surface area contributed by atoms with Gasteiger partial charge < -0.3 is 19.6 Å². The fourth-order valence-electron chi connectivity index (χ4n) is 3.91. The topological polar surface area (TPSA) is 88.8 Å². The van der Waals surface area contributed by atoms with Gasteiger partial charge in [0.15, 0.2) is 0 Å². The molecule has 6 nitrogen and oxygen atoms in total. The molecule has 3 aromatic rings. The lowest BCUT2D eigenvalue weighted by molar-refractivity contribution is -0.137. The van der Waals surface area contributed by atoms with Crippen molar-refractivity contribution in [1.29, 1.82) is 0 Å². The molecule has 0 spiro atoms. The second-order valence-electron chi connectivity index (χ2n) is 7.09. The van der Waals surface area contributed by atoms with Crippen LogP contribution in [-0.2, 0) is 9.53 Å². The van der Waals surface area contributed by atoms with Gasteiger partial charge in [-0.05, 0) is 40.8 Å². The van der Waals surface area contributed by atoms with Crippen molar-refractivity contribution in [1.82, 2.24) is 5.32 Å². The van der Waals surface area contributed by atoms with Crippen LogP contribution in [0.2, 0.25) is 0 Å². The third-order valence-electron chi connectivity index (χ3n) is 5.23. The first-order valence-electron chi connectivity index (χ1n) is 9.42. The van der Waals surface area contributed by atoms with Crippen molar-refractivity contribution in [3.63, 3.8) is 0 Å². The van der Waals surface area contributed by atoms with E-state index in [0.29, 0.717) is 5.76 Å². The van der Waals surface area contributed by atoms with Crippen molar-refractivity contribution >= 4 is 12.1 Å². The van der Waals surface area contributed by atoms with Gasteiger partial charge >= 0.3 is 12.1 Å². The standard InChI is InChI=1S/C23H21NO5/c1-14-10-11-28-22(14)20(12-21(25)26)24-23(27)29-13-19-17-8-4-2-6-15(17)16-7-3-5-9-18(16)19/h2-11,19-20H,12-13H2,1H3,(H,24,27)(H,25,26)/t20-/m0/s1. The van der Waals surface area contributed by atoms with E-state index in [0.717, 1.165) is 27.8 Å². The van der Waals surface area contributed by atoms with Crippen molar-refractivity contribution in [2.24, 2.45) is 0 Å². The predicted molar refractivity (Wildman–Crippen MR) is 107 cm³/mol. The Morgan fingerprint density at radius 3 is 2.24 bits per heavy atom. The number of aryl methyl sites for hydroxylation is 1. The molecule has 1 amide bonds. The first-order chi connectivity index (χ1) is 14.0. The number of ether oxygens (including phenoxy) is 1. The number of amides is 1. The molecule has 1 aliphatic rings. The highest BCUT2D eigenvalue weighted by Crippen LogP contribution is 2.44. The molecular weight excluding hydrogens is 370 g/mol. The molecule has 2 N–H and O–H groups in total. The van der Waals surface area contributed by atoms with Crippen LogP contribution in [0.25, 0.3) is 11.1 Å². The second-order valence-corrected chi connectivity index (χ2v) is 7.09. The summed E-state index contributed by atoms with van der Waals surface area (Å²) in [7, 11) is 0. The monoisotopic (exact) mass is 391 g/mol. The van der Waals surface area contributed by atoms with Crippen molar-refractivity contribution in [2.75, 3.05) is 6.61 Å². The zero-order chi connectivity index (χ0) is 20.4. The van der Waals surface area contributed by atoms with Crippen LogP contribution in [0.4, 0.5) is 4.79 Å². The van der Waals surface area contributed by atoms with Crippen molar-refractivity contribution in [3.05, 3.63) is 83.3 Å². The molecule has 148 valence electrons. The van der Waals surface area contributed by atoms with Crippen LogP contribution in [0, 0.1) is 6.92 Å². The normalized spacial score (nSPS) is 13.4. The molecule has 0 saturated carbocycles. The number of carboxylic acids is 1. The second kappa shape index (κ2) is 7.83. The van der Waals surface area contributed by atoms with E-state index in [1.165, 1.54) is 6.26 Å². The quantitative estimate of drug-likeness (QED) is 0.639. The third-order valence-corrected chi connectivity index (χ3v) is 5.23. The third kappa shape index (κ3) is 3.74. The van der Waals surface area contributed by atoms with Gasteiger partial charge in [0.25, 0.3) is 0 Å². The lowest BCUT2D eigenvalue weighted by Gasteiger charge is -2.18. The molecule has 0 saturated heterocycles. The molecule has 2 aromatic carbocycles. The van der Waals surface area contributed by atoms with Gasteiger partial charge in [-0.15, -0.1) is 0 Å². The van der Waals surface area contributed by atoms with Crippen molar-refractivity contribution in [2.45, 2.75) is 25.3 Å². The maximum absolute atomic E-state index is 12.5. The fourth-order valence-corrected chi connectivity index (χ4v) is 3.91. The van der Waals surface area contributed by atoms with Crippen LogP contribution in [-0.4, -0.2) is 23.8 Å². The van der Waals surface area contributed by atoms with Crippen LogP contribution in [0.15, 0.2) is 65.3 Å². The lowest BCUT2D eigenvalue weighted by atomic mass is 9.98. The van der Waals surface area contributed by atoms with Crippen molar-refractivity contribution in [3.8, 4) is 11.1 Å². The summed E-state index contributed by atoms with van der Waals surface area (Å²) >= 11 is 0. The van der Waals surface area contributed by atoms with Gasteiger partial charge in [0.05, 0.1) is 12.7 Å². The minimum Gasteiger partial charge on any atom is -0.481 e. The fraction of sp³-hybridized carbons (Fsp3) is 0.217. The number of carboxylic acid groups (broad SMARTS) is 1. The number of hydrogen-bond donors (Lipinski definition) is 2. The van der Waals surface area contributed by atoms with E-state index in [9.17, 15) is 14.7 Å². The highest BCUT2D eigenvalue weighted by Gasteiger charge is 2.30. The van der Waals surface area contributed by atoms with Crippen LogP contribution in [0.3, 0.4) is 0 Å². The first-order valence-corrected chi connectivity index (χ1v) is 9.42. The summed E-state index contributed by atoms with van der Waals surface area (Å²) in [6.45, 7) is 1.96. The maximum atomic E-state index is 12.5. The number of carbonyl (C=O) groups excluding carboxylic acids is 1. The Kier molecular flexibility index (Phi) is 5.08. The van der Waals surface area contributed by atoms with Crippen LogP contribution < -0.4 is 5.32 Å². The molecule has 0 radical (unpaired) electrons. The van der Waals surface area contributed by atoms with E-state index >= 15 is 0 Å². The molecule has 1 heterocycles. The first kappa shape index (κ1) is 18.8. The van der Waals surface area contributed by atoms with Gasteiger partial charge in [-0.2, -0.15) is 0 Å². The Morgan fingerprint density at radius 1 is 1.07 bits per heavy atom. The van der Waals surface area contributed by atoms with Crippen LogP contribution in [0.5, 0.6) is 0 Å². The summed E-state index contributed by atoms with van der Waals surface area (Å²) in [5.41, 5.74) is 5.30. The number of benzene rings is 2. The maximum Gasteiger partial charge on any atom is 0.407 e. The molecule has 0 fully saturated rings. The minimum absolute atomic E-state index is 0.0589. The molecule has 6 heteroatoms. The van der Waals surface area contributed by atoms with Gasteiger partial charge in [0.2, 0.25) is 0 Å². The Balaban J connectivity index is 1.48. The molecule has 29 heavy (non-hydrogen) atoms. The average molecular weight is 391 g/mol. The van der Waals surface area contributed by atoms with Gasteiger partial charge in [-0.3, -0.25) is 4.79 Å². The molecule has 1 aromatic heterocycles. The van der Waals surface area contributed by atoms with E-state index in [-0.39, 0.29) is 18.9 Å². The van der Waals surface area contributed by atoms with Crippen LogP contribution in [0.1, 0.15) is 40.8 Å². The summed E-state index contributed by atoms with van der Waals surface area (Å²) in [4.78, 5) is 23.7. The average Bonchev–Trinajstić information content (AvgIpc) is 3.27.